The van der Waals surface area contributed by atoms with Crippen LogP contribution in [0.25, 0.3) is 5.65 Å². The number of fused-ring (bicyclic) bond motifs is 1. The molecule has 4 rings (SSSR count). The van der Waals surface area contributed by atoms with E-state index in [4.69, 9.17) is 0 Å². The third kappa shape index (κ3) is 2.56. The van der Waals surface area contributed by atoms with E-state index in [0.717, 1.165) is 24.3 Å². The van der Waals surface area contributed by atoms with Gasteiger partial charge in [0.05, 0.1) is 0 Å². The van der Waals surface area contributed by atoms with Crippen molar-refractivity contribution >= 4 is 27.0 Å². The quantitative estimate of drug-likeness (QED) is 0.729. The highest BCUT2D eigenvalue weighted by atomic mass is 32.2. The largest absolute Gasteiger partial charge is 0.286 e. The fourth-order valence-corrected chi connectivity index (χ4v) is 5.72. The van der Waals surface area contributed by atoms with Gasteiger partial charge in [0, 0.05) is 25.2 Å². The summed E-state index contributed by atoms with van der Waals surface area (Å²) in [5.74, 6) is 0.905. The Morgan fingerprint density at radius 1 is 1.17 bits per heavy atom. The van der Waals surface area contributed by atoms with Crippen LogP contribution in [0.3, 0.4) is 0 Å². The average molecular weight is 348 g/mol. The average Bonchev–Trinajstić information content (AvgIpc) is 3.25. The van der Waals surface area contributed by atoms with E-state index in [1.165, 1.54) is 11.3 Å². The molecule has 4 heterocycles. The Bertz CT molecular complexity index is 918. The van der Waals surface area contributed by atoms with Crippen LogP contribution >= 0.6 is 11.3 Å². The zero-order chi connectivity index (χ0) is 15.9. The van der Waals surface area contributed by atoms with Crippen LogP contribution in [0.4, 0.5) is 0 Å². The zero-order valence-corrected chi connectivity index (χ0v) is 14.0. The summed E-state index contributed by atoms with van der Waals surface area (Å²) in [6.45, 7) is 1.02. The van der Waals surface area contributed by atoms with Crippen molar-refractivity contribution < 1.29 is 8.42 Å². The predicted molar refractivity (Wildman–Crippen MR) is 88.0 cm³/mol. The second-order valence-electron chi connectivity index (χ2n) is 5.62. The Balaban J connectivity index is 1.65. The van der Waals surface area contributed by atoms with Gasteiger partial charge in [-0.2, -0.15) is 4.31 Å². The molecule has 1 unspecified atom stereocenters. The maximum Gasteiger partial charge on any atom is 0.252 e. The van der Waals surface area contributed by atoms with E-state index in [1.54, 1.807) is 21.8 Å². The first-order chi connectivity index (χ1) is 11.2. The van der Waals surface area contributed by atoms with E-state index < -0.39 is 10.0 Å². The molecule has 3 aromatic heterocycles. The summed E-state index contributed by atoms with van der Waals surface area (Å²) < 4.78 is 29.4. The Kier molecular flexibility index (Phi) is 3.67. The number of nitrogens with zero attached hydrogens (tertiary/aromatic N) is 4. The molecular weight excluding hydrogens is 332 g/mol. The van der Waals surface area contributed by atoms with E-state index in [9.17, 15) is 8.42 Å². The van der Waals surface area contributed by atoms with Crippen molar-refractivity contribution in [3.63, 3.8) is 0 Å². The van der Waals surface area contributed by atoms with Gasteiger partial charge in [-0.25, -0.2) is 8.42 Å². The fraction of sp³-hybridized carbons (Fsp3) is 0.333. The Morgan fingerprint density at radius 3 is 2.91 bits per heavy atom. The Morgan fingerprint density at radius 2 is 2.09 bits per heavy atom. The second-order valence-corrected chi connectivity index (χ2v) is 8.73. The van der Waals surface area contributed by atoms with Crippen LogP contribution in [0.2, 0.25) is 0 Å². The molecule has 0 aliphatic carbocycles. The molecule has 120 valence electrons. The first-order valence-corrected chi connectivity index (χ1v) is 9.81. The highest BCUT2D eigenvalue weighted by molar-refractivity contribution is 7.91. The second kappa shape index (κ2) is 5.70. The standard InChI is InChI=1S/C15H16N4O2S2/c20-23(21,14-7-4-10-22-14)18-8-3-5-12(11-18)15-17-16-13-6-1-2-9-19(13)15/h1-2,4,6-7,9-10,12H,3,5,8,11H2. The minimum Gasteiger partial charge on any atom is -0.286 e. The van der Waals surface area contributed by atoms with E-state index in [-0.39, 0.29) is 5.92 Å². The zero-order valence-electron chi connectivity index (χ0n) is 12.4. The molecule has 0 aromatic carbocycles. The lowest BCUT2D eigenvalue weighted by molar-refractivity contribution is 0.309. The summed E-state index contributed by atoms with van der Waals surface area (Å²) in [5, 5.41) is 10.3. The molecule has 0 spiro atoms. The van der Waals surface area contributed by atoms with E-state index in [2.05, 4.69) is 10.2 Å². The molecule has 0 N–H and O–H groups in total. The molecule has 23 heavy (non-hydrogen) atoms. The third-order valence-electron chi connectivity index (χ3n) is 4.18. The molecule has 0 radical (unpaired) electrons. The van der Waals surface area contributed by atoms with E-state index >= 15 is 0 Å². The number of sulfonamides is 1. The molecule has 0 bridgehead atoms. The maximum absolute atomic E-state index is 12.7. The molecule has 8 heteroatoms. The van der Waals surface area contributed by atoms with Gasteiger partial charge in [-0.3, -0.25) is 4.40 Å². The summed E-state index contributed by atoms with van der Waals surface area (Å²) in [4.78, 5) is 0. The summed E-state index contributed by atoms with van der Waals surface area (Å²) in [6.07, 6.45) is 3.68. The van der Waals surface area contributed by atoms with Crippen LogP contribution in [0.5, 0.6) is 0 Å². The van der Waals surface area contributed by atoms with Crippen molar-refractivity contribution in [3.8, 4) is 0 Å². The number of piperidine rings is 1. The van der Waals surface area contributed by atoms with Gasteiger partial charge in [0.1, 0.15) is 10.0 Å². The highest BCUT2D eigenvalue weighted by Gasteiger charge is 2.33. The van der Waals surface area contributed by atoms with Gasteiger partial charge in [-0.15, -0.1) is 21.5 Å². The molecule has 1 aliphatic heterocycles. The lowest BCUT2D eigenvalue weighted by Crippen LogP contribution is -2.39. The van der Waals surface area contributed by atoms with Crippen LogP contribution in [0.1, 0.15) is 24.6 Å². The third-order valence-corrected chi connectivity index (χ3v) is 7.42. The van der Waals surface area contributed by atoms with Crippen molar-refractivity contribution in [1.82, 2.24) is 18.9 Å². The smallest absolute Gasteiger partial charge is 0.252 e. The number of hydrogen-bond donors (Lipinski definition) is 0. The van der Waals surface area contributed by atoms with Crippen LogP contribution in [0.15, 0.2) is 46.1 Å². The van der Waals surface area contributed by atoms with Crippen LogP contribution < -0.4 is 0 Å². The fourth-order valence-electron chi connectivity index (χ4n) is 3.05. The number of hydrogen-bond acceptors (Lipinski definition) is 5. The van der Waals surface area contributed by atoms with Crippen LogP contribution in [-0.2, 0) is 10.0 Å². The van der Waals surface area contributed by atoms with Crippen molar-refractivity contribution in [3.05, 3.63) is 47.7 Å². The minimum absolute atomic E-state index is 0.0656. The molecule has 1 fully saturated rings. The molecule has 0 amide bonds. The summed E-state index contributed by atoms with van der Waals surface area (Å²) >= 11 is 1.26. The van der Waals surface area contributed by atoms with Crippen molar-refractivity contribution in [2.24, 2.45) is 0 Å². The highest BCUT2D eigenvalue weighted by Crippen LogP contribution is 2.30. The number of aromatic nitrogens is 3. The molecular formula is C15H16N4O2S2. The molecule has 3 aromatic rings. The summed E-state index contributed by atoms with van der Waals surface area (Å²) in [7, 11) is -3.40. The van der Waals surface area contributed by atoms with Gasteiger partial charge < -0.3 is 0 Å². The topological polar surface area (TPSA) is 67.6 Å². The number of rotatable bonds is 3. The minimum atomic E-state index is -3.40. The molecule has 1 aliphatic rings. The van der Waals surface area contributed by atoms with Gasteiger partial charge in [0.15, 0.2) is 5.65 Å². The Hall–Kier alpha value is -1.77. The summed E-state index contributed by atoms with van der Waals surface area (Å²) in [6, 6.07) is 9.19. The van der Waals surface area contributed by atoms with Crippen molar-refractivity contribution in [1.29, 1.82) is 0 Å². The SMILES string of the molecule is O=S(=O)(c1cccs1)N1CCCC(c2nnc3ccccn23)C1. The monoisotopic (exact) mass is 348 g/mol. The van der Waals surface area contributed by atoms with Crippen molar-refractivity contribution in [2.75, 3.05) is 13.1 Å². The molecule has 1 saturated heterocycles. The predicted octanol–water partition coefficient (Wildman–Crippen LogP) is 2.36. The van der Waals surface area contributed by atoms with Gasteiger partial charge in [-0.05, 0) is 36.4 Å². The molecule has 0 saturated carbocycles. The molecule has 1 atom stereocenters. The first-order valence-electron chi connectivity index (χ1n) is 7.49. The first kappa shape index (κ1) is 14.8. The van der Waals surface area contributed by atoms with Gasteiger partial charge in [0.2, 0.25) is 0 Å². The number of thiophene rings is 1. The van der Waals surface area contributed by atoms with Gasteiger partial charge in [0.25, 0.3) is 10.0 Å². The normalized spacial score (nSPS) is 20.1. The van der Waals surface area contributed by atoms with Crippen LogP contribution in [-0.4, -0.2) is 40.4 Å². The molecule has 6 nitrogen and oxygen atoms in total. The summed E-state index contributed by atoms with van der Waals surface area (Å²) in [5.41, 5.74) is 0.792. The lowest BCUT2D eigenvalue weighted by atomic mass is 9.99. The van der Waals surface area contributed by atoms with E-state index in [1.807, 2.05) is 28.8 Å². The van der Waals surface area contributed by atoms with E-state index in [0.29, 0.717) is 17.3 Å². The van der Waals surface area contributed by atoms with Crippen LogP contribution in [0, 0.1) is 0 Å². The van der Waals surface area contributed by atoms with Crippen molar-refractivity contribution in [2.45, 2.75) is 23.0 Å². The van der Waals surface area contributed by atoms with Gasteiger partial charge >= 0.3 is 0 Å². The number of pyridine rings is 1. The Labute approximate surface area is 138 Å². The maximum atomic E-state index is 12.7. The van der Waals surface area contributed by atoms with Gasteiger partial charge in [-0.1, -0.05) is 12.1 Å². The lowest BCUT2D eigenvalue weighted by Gasteiger charge is -2.30.